The molecular formula is C21H21NO5. The molecule has 0 radical (unpaired) electrons. The highest BCUT2D eigenvalue weighted by Gasteiger charge is 2.30. The van der Waals surface area contributed by atoms with Gasteiger partial charge in [-0.05, 0) is 50.1 Å². The van der Waals surface area contributed by atoms with Gasteiger partial charge in [-0.1, -0.05) is 0 Å². The molecule has 4 rings (SSSR count). The number of methoxy groups -OCH3 is 1. The summed E-state index contributed by atoms with van der Waals surface area (Å²) in [5.74, 6) is 0.444. The Morgan fingerprint density at radius 2 is 2.07 bits per heavy atom. The highest BCUT2D eigenvalue weighted by Crippen LogP contribution is 2.42. The lowest BCUT2D eigenvalue weighted by Gasteiger charge is -2.07. The molecule has 27 heavy (non-hydrogen) atoms. The molecule has 1 saturated carbocycles. The monoisotopic (exact) mass is 367 g/mol. The molecule has 1 aliphatic rings. The molecule has 6 nitrogen and oxygen atoms in total. The van der Waals surface area contributed by atoms with Gasteiger partial charge < -0.3 is 18.5 Å². The SMILES string of the molecule is COC(=O)c1c(C)n(C2CC2)c2ccc(OC(=O)CCc3ccco3)cc12. The van der Waals surface area contributed by atoms with Crippen LogP contribution in [-0.2, 0) is 16.0 Å². The number of aromatic nitrogens is 1. The Labute approximate surface area is 156 Å². The third-order valence-corrected chi connectivity index (χ3v) is 4.91. The molecule has 0 spiro atoms. The number of furan rings is 1. The fourth-order valence-corrected chi connectivity index (χ4v) is 3.51. The first-order valence-electron chi connectivity index (χ1n) is 9.04. The van der Waals surface area contributed by atoms with Crippen LogP contribution >= 0.6 is 0 Å². The molecule has 1 aliphatic carbocycles. The number of hydrogen-bond donors (Lipinski definition) is 0. The molecule has 0 saturated heterocycles. The number of fused-ring (bicyclic) bond motifs is 1. The second-order valence-electron chi connectivity index (χ2n) is 6.79. The van der Waals surface area contributed by atoms with Crippen molar-refractivity contribution in [1.82, 2.24) is 4.57 Å². The van der Waals surface area contributed by atoms with Gasteiger partial charge in [0.2, 0.25) is 0 Å². The van der Waals surface area contributed by atoms with Crippen LogP contribution in [0.4, 0.5) is 0 Å². The lowest BCUT2D eigenvalue weighted by atomic mass is 10.1. The molecule has 0 bridgehead atoms. The van der Waals surface area contributed by atoms with Gasteiger partial charge in [0.25, 0.3) is 0 Å². The minimum atomic E-state index is -0.377. The first kappa shape index (κ1) is 17.4. The average molecular weight is 367 g/mol. The van der Waals surface area contributed by atoms with Crippen LogP contribution in [0.25, 0.3) is 10.9 Å². The van der Waals surface area contributed by atoms with Crippen molar-refractivity contribution < 1.29 is 23.5 Å². The zero-order valence-corrected chi connectivity index (χ0v) is 15.4. The van der Waals surface area contributed by atoms with Crippen LogP contribution in [0.5, 0.6) is 5.75 Å². The second kappa shape index (κ2) is 6.95. The summed E-state index contributed by atoms with van der Waals surface area (Å²) in [6.07, 6.45) is 4.50. The van der Waals surface area contributed by atoms with Crippen LogP contribution in [0.3, 0.4) is 0 Å². The summed E-state index contributed by atoms with van der Waals surface area (Å²) in [7, 11) is 1.38. The topological polar surface area (TPSA) is 70.7 Å². The van der Waals surface area contributed by atoms with E-state index >= 15 is 0 Å². The van der Waals surface area contributed by atoms with E-state index in [2.05, 4.69) is 4.57 Å². The molecule has 0 amide bonds. The summed E-state index contributed by atoms with van der Waals surface area (Å²) < 4.78 is 17.9. The fraction of sp³-hybridized carbons (Fsp3) is 0.333. The van der Waals surface area contributed by atoms with Crippen LogP contribution in [0, 0.1) is 6.92 Å². The lowest BCUT2D eigenvalue weighted by Crippen LogP contribution is -2.09. The third-order valence-electron chi connectivity index (χ3n) is 4.91. The highest BCUT2D eigenvalue weighted by atomic mass is 16.5. The first-order chi connectivity index (χ1) is 13.1. The quantitative estimate of drug-likeness (QED) is 0.482. The Morgan fingerprint density at radius 1 is 1.26 bits per heavy atom. The van der Waals surface area contributed by atoms with Gasteiger partial charge in [0.05, 0.1) is 25.4 Å². The Hall–Kier alpha value is -3.02. The number of benzene rings is 1. The first-order valence-corrected chi connectivity index (χ1v) is 9.04. The van der Waals surface area contributed by atoms with Crippen LogP contribution in [0.15, 0.2) is 41.0 Å². The van der Waals surface area contributed by atoms with Gasteiger partial charge in [0.15, 0.2) is 0 Å². The van der Waals surface area contributed by atoms with Crippen LogP contribution < -0.4 is 4.74 Å². The van der Waals surface area contributed by atoms with E-state index in [-0.39, 0.29) is 18.4 Å². The number of aryl methyl sites for hydroxylation is 1. The largest absolute Gasteiger partial charge is 0.469 e. The second-order valence-corrected chi connectivity index (χ2v) is 6.79. The van der Waals surface area contributed by atoms with Gasteiger partial charge >= 0.3 is 11.9 Å². The van der Waals surface area contributed by atoms with E-state index in [1.54, 1.807) is 24.5 Å². The number of ether oxygens (including phenoxy) is 2. The zero-order valence-electron chi connectivity index (χ0n) is 15.4. The number of carbonyl (C=O) groups is 2. The number of hydrogen-bond acceptors (Lipinski definition) is 5. The van der Waals surface area contributed by atoms with Crippen LogP contribution in [-0.4, -0.2) is 23.6 Å². The molecule has 0 atom stereocenters. The molecule has 3 aromatic rings. The van der Waals surface area contributed by atoms with E-state index in [4.69, 9.17) is 13.9 Å². The molecular weight excluding hydrogens is 346 g/mol. The molecule has 2 heterocycles. The van der Waals surface area contributed by atoms with Crippen molar-refractivity contribution in [3.63, 3.8) is 0 Å². The number of nitrogens with zero attached hydrogens (tertiary/aromatic N) is 1. The number of rotatable bonds is 6. The van der Waals surface area contributed by atoms with E-state index in [0.29, 0.717) is 23.8 Å². The molecule has 2 aromatic heterocycles. The molecule has 6 heteroatoms. The van der Waals surface area contributed by atoms with E-state index in [9.17, 15) is 9.59 Å². The standard InChI is InChI=1S/C21H21NO5/c1-13-20(21(24)25-2)17-12-16(7-9-18(17)22(13)14-5-6-14)27-19(23)10-8-15-4-3-11-26-15/h3-4,7,9,11-12,14H,5-6,8,10H2,1-2H3. The van der Waals surface area contributed by atoms with E-state index < -0.39 is 0 Å². The van der Waals surface area contributed by atoms with Crippen molar-refractivity contribution in [1.29, 1.82) is 0 Å². The highest BCUT2D eigenvalue weighted by molar-refractivity contribution is 6.06. The predicted octanol–water partition coefficient (Wildman–Crippen LogP) is 4.20. The molecule has 1 fully saturated rings. The zero-order chi connectivity index (χ0) is 19.0. The summed E-state index contributed by atoms with van der Waals surface area (Å²) in [5, 5.41) is 0.752. The van der Waals surface area contributed by atoms with Gasteiger partial charge in [-0.15, -0.1) is 0 Å². The smallest absolute Gasteiger partial charge is 0.340 e. The van der Waals surface area contributed by atoms with E-state index in [0.717, 1.165) is 35.2 Å². The summed E-state index contributed by atoms with van der Waals surface area (Å²) in [6.45, 7) is 1.93. The maximum absolute atomic E-state index is 12.3. The Bertz CT molecular complexity index is 995. The van der Waals surface area contributed by atoms with Gasteiger partial charge in [0, 0.05) is 29.1 Å². The van der Waals surface area contributed by atoms with Crippen LogP contribution in [0.2, 0.25) is 0 Å². The molecule has 140 valence electrons. The summed E-state index contributed by atoms with van der Waals surface area (Å²) in [5.41, 5.74) is 2.39. The average Bonchev–Trinajstić information content (AvgIpc) is 3.26. The normalized spacial score (nSPS) is 13.7. The maximum atomic E-state index is 12.3. The summed E-state index contributed by atoms with van der Waals surface area (Å²) in [6, 6.07) is 9.46. The van der Waals surface area contributed by atoms with E-state index in [1.165, 1.54) is 7.11 Å². The van der Waals surface area contributed by atoms with Gasteiger partial charge in [0.1, 0.15) is 11.5 Å². The van der Waals surface area contributed by atoms with Crippen molar-refractivity contribution in [3.05, 3.63) is 53.6 Å². The van der Waals surface area contributed by atoms with Crippen molar-refractivity contribution in [3.8, 4) is 5.75 Å². The molecule has 1 aromatic carbocycles. The maximum Gasteiger partial charge on any atom is 0.340 e. The predicted molar refractivity (Wildman–Crippen MR) is 98.9 cm³/mol. The summed E-state index contributed by atoms with van der Waals surface area (Å²) in [4.78, 5) is 24.5. The molecule has 0 unspecified atom stereocenters. The van der Waals surface area contributed by atoms with E-state index in [1.807, 2.05) is 19.1 Å². The third kappa shape index (κ3) is 3.35. The van der Waals surface area contributed by atoms with Crippen molar-refractivity contribution in [2.75, 3.05) is 7.11 Å². The minimum absolute atomic E-state index is 0.220. The van der Waals surface area contributed by atoms with Gasteiger partial charge in [-0.25, -0.2) is 4.79 Å². The Balaban J connectivity index is 1.61. The minimum Gasteiger partial charge on any atom is -0.469 e. The van der Waals surface area contributed by atoms with Crippen LogP contribution in [0.1, 0.15) is 47.1 Å². The Kier molecular flexibility index (Phi) is 4.48. The van der Waals surface area contributed by atoms with Crippen molar-refractivity contribution in [2.24, 2.45) is 0 Å². The molecule has 0 aliphatic heterocycles. The molecule has 0 N–H and O–H groups in total. The van der Waals surface area contributed by atoms with Gasteiger partial charge in [-0.2, -0.15) is 0 Å². The van der Waals surface area contributed by atoms with Gasteiger partial charge in [-0.3, -0.25) is 4.79 Å². The summed E-state index contributed by atoms with van der Waals surface area (Å²) >= 11 is 0. The number of carbonyl (C=O) groups excluding carboxylic acids is 2. The van der Waals surface area contributed by atoms with Crippen molar-refractivity contribution in [2.45, 2.75) is 38.6 Å². The number of esters is 2. The fourth-order valence-electron chi connectivity index (χ4n) is 3.51. The lowest BCUT2D eigenvalue weighted by molar-refractivity contribution is -0.134. The van der Waals surface area contributed by atoms with Crippen molar-refractivity contribution >= 4 is 22.8 Å². The Morgan fingerprint density at radius 3 is 2.74 bits per heavy atom.